The van der Waals surface area contributed by atoms with E-state index in [0.29, 0.717) is 0 Å². The maximum Gasteiger partial charge on any atom is 0.241 e. The van der Waals surface area contributed by atoms with Crippen LogP contribution in [0.15, 0.2) is 29.2 Å². The molecular formula is C16H24N2O3S. The molecule has 0 radical (unpaired) electrons. The highest BCUT2D eigenvalue weighted by Crippen LogP contribution is 2.18. The van der Waals surface area contributed by atoms with E-state index in [0.717, 1.165) is 37.7 Å². The lowest BCUT2D eigenvalue weighted by molar-refractivity contribution is -0.123. The third kappa shape index (κ3) is 4.30. The van der Waals surface area contributed by atoms with Crippen molar-refractivity contribution in [1.82, 2.24) is 10.0 Å². The predicted octanol–water partition coefficient (Wildman–Crippen LogP) is 1.97. The number of hydrogen-bond donors (Lipinski definition) is 2. The van der Waals surface area contributed by atoms with Crippen molar-refractivity contribution in [1.29, 1.82) is 0 Å². The minimum atomic E-state index is -3.67. The molecule has 5 nitrogen and oxygen atoms in total. The first-order valence-electron chi connectivity index (χ1n) is 7.84. The van der Waals surface area contributed by atoms with Crippen LogP contribution in [0.2, 0.25) is 0 Å². The molecule has 122 valence electrons. The van der Waals surface area contributed by atoms with Crippen LogP contribution in [-0.2, 0) is 21.2 Å². The molecule has 1 aliphatic carbocycles. The zero-order chi connectivity index (χ0) is 16.2. The van der Waals surface area contributed by atoms with Gasteiger partial charge in [-0.25, -0.2) is 8.42 Å². The molecule has 2 rings (SSSR count). The van der Waals surface area contributed by atoms with Crippen LogP contribution in [0.4, 0.5) is 0 Å². The Kier molecular flexibility index (Phi) is 5.58. The summed E-state index contributed by atoms with van der Waals surface area (Å²) in [6.07, 6.45) is 5.05. The van der Waals surface area contributed by atoms with Crippen LogP contribution in [0.3, 0.4) is 0 Å². The molecule has 0 aliphatic heterocycles. The summed E-state index contributed by atoms with van der Waals surface area (Å²) in [7, 11) is -3.67. The van der Waals surface area contributed by atoms with Gasteiger partial charge in [-0.2, -0.15) is 4.72 Å². The number of sulfonamides is 1. The van der Waals surface area contributed by atoms with E-state index in [9.17, 15) is 13.2 Å². The van der Waals surface area contributed by atoms with Gasteiger partial charge in [0.15, 0.2) is 0 Å². The average Bonchev–Trinajstić information content (AvgIpc) is 2.99. The molecular weight excluding hydrogens is 300 g/mol. The molecule has 22 heavy (non-hydrogen) atoms. The van der Waals surface area contributed by atoms with Crippen LogP contribution >= 0.6 is 0 Å². The molecule has 0 aromatic heterocycles. The molecule has 1 aliphatic rings. The van der Waals surface area contributed by atoms with Gasteiger partial charge in [0.1, 0.15) is 0 Å². The summed E-state index contributed by atoms with van der Waals surface area (Å²) < 4.78 is 27.0. The van der Waals surface area contributed by atoms with Crippen molar-refractivity contribution < 1.29 is 13.2 Å². The van der Waals surface area contributed by atoms with E-state index in [1.165, 1.54) is 0 Å². The molecule has 1 saturated carbocycles. The number of carbonyl (C=O) groups is 1. The van der Waals surface area contributed by atoms with Gasteiger partial charge in [0, 0.05) is 6.04 Å². The molecule has 0 spiro atoms. The van der Waals surface area contributed by atoms with Gasteiger partial charge in [-0.1, -0.05) is 31.9 Å². The lowest BCUT2D eigenvalue weighted by Gasteiger charge is -2.18. The van der Waals surface area contributed by atoms with E-state index < -0.39 is 16.1 Å². The summed E-state index contributed by atoms with van der Waals surface area (Å²) in [5.74, 6) is -0.263. The van der Waals surface area contributed by atoms with Crippen molar-refractivity contribution >= 4 is 15.9 Å². The van der Waals surface area contributed by atoms with E-state index in [1.807, 2.05) is 6.92 Å². The fraction of sp³-hybridized carbons (Fsp3) is 0.562. The first kappa shape index (κ1) is 17.0. The molecule has 1 aromatic carbocycles. The molecule has 0 saturated heterocycles. The van der Waals surface area contributed by atoms with E-state index in [2.05, 4.69) is 10.0 Å². The zero-order valence-electron chi connectivity index (χ0n) is 13.1. The number of benzene rings is 1. The Morgan fingerprint density at radius 1 is 1.23 bits per heavy atom. The highest BCUT2D eigenvalue weighted by molar-refractivity contribution is 7.89. The normalized spacial score (nSPS) is 17.4. The van der Waals surface area contributed by atoms with E-state index in [-0.39, 0.29) is 16.8 Å². The van der Waals surface area contributed by atoms with Crippen LogP contribution in [0, 0.1) is 0 Å². The standard InChI is InChI=1S/C16H24N2O3S/c1-3-13-8-10-15(11-9-13)22(20,21)18-12(2)16(19)17-14-6-4-5-7-14/h8-12,14,18H,3-7H2,1-2H3,(H,17,19). The lowest BCUT2D eigenvalue weighted by Crippen LogP contribution is -2.47. The summed E-state index contributed by atoms with van der Waals surface area (Å²) in [6, 6.07) is 6.13. The molecule has 1 atom stereocenters. The van der Waals surface area contributed by atoms with Gasteiger partial charge in [-0.15, -0.1) is 0 Å². The largest absolute Gasteiger partial charge is 0.352 e. The van der Waals surface area contributed by atoms with Crippen LogP contribution in [0.25, 0.3) is 0 Å². The van der Waals surface area contributed by atoms with Gasteiger partial charge in [-0.05, 0) is 43.9 Å². The van der Waals surface area contributed by atoms with Gasteiger partial charge in [-0.3, -0.25) is 4.79 Å². The van der Waals surface area contributed by atoms with Gasteiger partial charge in [0.25, 0.3) is 0 Å². The maximum absolute atomic E-state index is 12.3. The van der Waals surface area contributed by atoms with Gasteiger partial charge in [0.2, 0.25) is 15.9 Å². The second-order valence-electron chi connectivity index (χ2n) is 5.83. The summed E-state index contributed by atoms with van der Waals surface area (Å²) in [5.41, 5.74) is 1.07. The van der Waals surface area contributed by atoms with Gasteiger partial charge >= 0.3 is 0 Å². The Hall–Kier alpha value is -1.40. The summed E-state index contributed by atoms with van der Waals surface area (Å²) in [4.78, 5) is 12.3. The fourth-order valence-corrected chi connectivity index (χ4v) is 3.86. The summed E-state index contributed by atoms with van der Waals surface area (Å²) in [6.45, 7) is 3.58. The van der Waals surface area contributed by atoms with Crippen molar-refractivity contribution in [3.05, 3.63) is 29.8 Å². The lowest BCUT2D eigenvalue weighted by atomic mass is 10.2. The van der Waals surface area contributed by atoms with E-state index >= 15 is 0 Å². The Morgan fingerprint density at radius 2 is 1.82 bits per heavy atom. The number of amides is 1. The second-order valence-corrected chi connectivity index (χ2v) is 7.54. The molecule has 2 N–H and O–H groups in total. The minimum Gasteiger partial charge on any atom is -0.352 e. The molecule has 1 amide bonds. The average molecular weight is 324 g/mol. The van der Waals surface area contributed by atoms with Crippen molar-refractivity contribution in [2.45, 2.75) is 62.9 Å². The monoisotopic (exact) mass is 324 g/mol. The maximum atomic E-state index is 12.3. The molecule has 6 heteroatoms. The van der Waals surface area contributed by atoms with Crippen molar-refractivity contribution in [2.75, 3.05) is 0 Å². The molecule has 0 bridgehead atoms. The second kappa shape index (κ2) is 7.24. The number of aryl methyl sites for hydroxylation is 1. The number of nitrogens with one attached hydrogen (secondary N) is 2. The topological polar surface area (TPSA) is 75.3 Å². The van der Waals surface area contributed by atoms with Crippen molar-refractivity contribution in [3.63, 3.8) is 0 Å². The fourth-order valence-electron chi connectivity index (χ4n) is 2.65. The Morgan fingerprint density at radius 3 is 2.36 bits per heavy atom. The molecule has 1 unspecified atom stereocenters. The Labute approximate surface area is 132 Å². The van der Waals surface area contributed by atoms with Crippen LogP contribution < -0.4 is 10.0 Å². The molecule has 1 fully saturated rings. The number of hydrogen-bond acceptors (Lipinski definition) is 3. The quantitative estimate of drug-likeness (QED) is 0.840. The minimum absolute atomic E-state index is 0.184. The number of carbonyl (C=O) groups excluding carboxylic acids is 1. The van der Waals surface area contributed by atoms with Gasteiger partial charge in [0.05, 0.1) is 10.9 Å². The smallest absolute Gasteiger partial charge is 0.241 e. The number of rotatable bonds is 6. The van der Waals surface area contributed by atoms with Crippen LogP contribution in [-0.4, -0.2) is 26.4 Å². The van der Waals surface area contributed by atoms with E-state index in [4.69, 9.17) is 0 Å². The first-order valence-corrected chi connectivity index (χ1v) is 9.32. The van der Waals surface area contributed by atoms with Crippen molar-refractivity contribution in [2.24, 2.45) is 0 Å². The zero-order valence-corrected chi connectivity index (χ0v) is 13.9. The SMILES string of the molecule is CCc1ccc(S(=O)(=O)NC(C)C(=O)NC2CCCC2)cc1. The van der Waals surface area contributed by atoms with E-state index in [1.54, 1.807) is 31.2 Å². The Bertz CT molecular complexity index is 605. The molecule has 1 aromatic rings. The van der Waals surface area contributed by atoms with Crippen LogP contribution in [0.5, 0.6) is 0 Å². The first-order chi connectivity index (χ1) is 10.4. The van der Waals surface area contributed by atoms with Crippen LogP contribution in [0.1, 0.15) is 45.1 Å². The third-order valence-corrected chi connectivity index (χ3v) is 5.63. The Balaban J connectivity index is 1.98. The highest BCUT2D eigenvalue weighted by Gasteiger charge is 2.24. The third-order valence-electron chi connectivity index (χ3n) is 4.07. The summed E-state index contributed by atoms with van der Waals surface area (Å²) in [5, 5.41) is 2.91. The predicted molar refractivity (Wildman–Crippen MR) is 86.0 cm³/mol. The summed E-state index contributed by atoms with van der Waals surface area (Å²) >= 11 is 0. The van der Waals surface area contributed by atoms with Gasteiger partial charge < -0.3 is 5.32 Å². The highest BCUT2D eigenvalue weighted by atomic mass is 32.2. The van der Waals surface area contributed by atoms with Crippen molar-refractivity contribution in [3.8, 4) is 0 Å². The molecule has 0 heterocycles.